The van der Waals surface area contributed by atoms with Crippen LogP contribution in [0.4, 0.5) is 21.9 Å². The molecule has 6 nitrogen and oxygen atoms in total. The van der Waals surface area contributed by atoms with E-state index in [-0.39, 0.29) is 12.5 Å². The number of aryl methyl sites for hydroxylation is 1. The summed E-state index contributed by atoms with van der Waals surface area (Å²) >= 11 is 0. The molecule has 0 fully saturated rings. The van der Waals surface area contributed by atoms with Gasteiger partial charge >= 0.3 is 6.03 Å². The van der Waals surface area contributed by atoms with Gasteiger partial charge in [0.2, 0.25) is 5.91 Å². The summed E-state index contributed by atoms with van der Waals surface area (Å²) in [4.78, 5) is 25.6. The van der Waals surface area contributed by atoms with Crippen molar-refractivity contribution in [3.05, 3.63) is 54.1 Å². The van der Waals surface area contributed by atoms with E-state index in [4.69, 9.17) is 0 Å². The van der Waals surface area contributed by atoms with E-state index in [1.54, 1.807) is 6.07 Å². The Morgan fingerprint density at radius 1 is 0.958 bits per heavy atom. The number of hydrogen-bond acceptors (Lipinski definition) is 3. The third-order valence-corrected chi connectivity index (χ3v) is 3.35. The second-order valence-corrected chi connectivity index (χ2v) is 5.67. The van der Waals surface area contributed by atoms with Gasteiger partial charge in [-0.15, -0.1) is 0 Å². The van der Waals surface area contributed by atoms with Crippen molar-refractivity contribution in [2.45, 2.75) is 6.92 Å². The minimum atomic E-state index is -0.418. The molecule has 2 aromatic carbocycles. The molecule has 3 N–H and O–H groups in total. The van der Waals surface area contributed by atoms with Crippen molar-refractivity contribution >= 4 is 29.0 Å². The second-order valence-electron chi connectivity index (χ2n) is 5.67. The molecule has 0 unspecified atom stereocenters. The molecule has 6 heteroatoms. The van der Waals surface area contributed by atoms with Crippen LogP contribution in [0.1, 0.15) is 5.56 Å². The first-order chi connectivity index (χ1) is 11.4. The number of carbonyl (C=O) groups is 2. The van der Waals surface area contributed by atoms with Crippen molar-refractivity contribution in [2.24, 2.45) is 0 Å². The summed E-state index contributed by atoms with van der Waals surface area (Å²) in [5, 5.41) is 7.95. The fourth-order valence-electron chi connectivity index (χ4n) is 2.11. The van der Waals surface area contributed by atoms with Gasteiger partial charge in [-0.2, -0.15) is 0 Å². The van der Waals surface area contributed by atoms with E-state index in [1.165, 1.54) is 0 Å². The molecule has 0 saturated carbocycles. The lowest BCUT2D eigenvalue weighted by Gasteiger charge is -2.13. The van der Waals surface area contributed by atoms with Crippen molar-refractivity contribution in [3.63, 3.8) is 0 Å². The van der Waals surface area contributed by atoms with Crippen LogP contribution < -0.4 is 20.9 Å². The van der Waals surface area contributed by atoms with E-state index in [9.17, 15) is 9.59 Å². The smallest absolute Gasteiger partial charge is 0.319 e. The summed E-state index contributed by atoms with van der Waals surface area (Å²) in [7, 11) is 3.90. The summed E-state index contributed by atoms with van der Waals surface area (Å²) in [5.41, 5.74) is 3.47. The molecule has 0 saturated heterocycles. The van der Waals surface area contributed by atoms with Crippen molar-refractivity contribution in [2.75, 3.05) is 36.2 Å². The summed E-state index contributed by atoms with van der Waals surface area (Å²) < 4.78 is 0. The monoisotopic (exact) mass is 326 g/mol. The van der Waals surface area contributed by atoms with Gasteiger partial charge in [0, 0.05) is 31.2 Å². The highest BCUT2D eigenvalue weighted by Crippen LogP contribution is 2.15. The third kappa shape index (κ3) is 5.31. The minimum absolute atomic E-state index is 0.104. The largest absolute Gasteiger partial charge is 0.378 e. The van der Waals surface area contributed by atoms with Gasteiger partial charge < -0.3 is 20.9 Å². The molecule has 0 aromatic heterocycles. The van der Waals surface area contributed by atoms with Crippen LogP contribution in [0.2, 0.25) is 0 Å². The van der Waals surface area contributed by atoms with Crippen LogP contribution in [-0.4, -0.2) is 32.6 Å². The Morgan fingerprint density at radius 3 is 2.29 bits per heavy atom. The van der Waals surface area contributed by atoms with Crippen LogP contribution in [0, 0.1) is 6.92 Å². The number of nitrogens with one attached hydrogen (secondary N) is 3. The zero-order valence-electron chi connectivity index (χ0n) is 14.1. The van der Waals surface area contributed by atoms with Crippen LogP contribution in [0.15, 0.2) is 48.5 Å². The lowest BCUT2D eigenvalue weighted by molar-refractivity contribution is -0.115. The Labute approximate surface area is 141 Å². The van der Waals surface area contributed by atoms with E-state index in [0.29, 0.717) is 11.4 Å². The van der Waals surface area contributed by atoms with Gasteiger partial charge in [0.15, 0.2) is 0 Å². The number of rotatable bonds is 5. The summed E-state index contributed by atoms with van der Waals surface area (Å²) in [6.07, 6.45) is 0. The highest BCUT2D eigenvalue weighted by molar-refractivity contribution is 5.97. The van der Waals surface area contributed by atoms with E-state index in [0.717, 1.165) is 11.3 Å². The predicted octanol–water partition coefficient (Wildman–Crippen LogP) is 2.82. The Hall–Kier alpha value is -3.02. The second kappa shape index (κ2) is 8.01. The van der Waals surface area contributed by atoms with Crippen molar-refractivity contribution in [1.82, 2.24) is 5.32 Å². The molecule has 0 aliphatic carbocycles. The highest BCUT2D eigenvalue weighted by atomic mass is 16.2. The minimum Gasteiger partial charge on any atom is -0.378 e. The van der Waals surface area contributed by atoms with E-state index in [2.05, 4.69) is 16.0 Å². The molecule has 0 aliphatic heterocycles. The standard InChI is InChI=1S/C18H22N4O2/c1-13-5-4-6-15(11-13)21-18(24)19-12-17(23)20-14-7-9-16(10-8-14)22(2)3/h4-11H,12H2,1-3H3,(H,20,23)(H2,19,21,24). The van der Waals surface area contributed by atoms with Crippen LogP contribution >= 0.6 is 0 Å². The fraction of sp³-hybridized carbons (Fsp3) is 0.222. The molecule has 0 heterocycles. The number of nitrogens with zero attached hydrogens (tertiary/aromatic N) is 1. The molecule has 2 aromatic rings. The van der Waals surface area contributed by atoms with Gasteiger partial charge in [0.1, 0.15) is 0 Å². The number of amides is 3. The summed E-state index contributed by atoms with van der Waals surface area (Å²) in [6.45, 7) is 1.84. The average molecular weight is 326 g/mol. The molecule has 3 amide bonds. The fourth-order valence-corrected chi connectivity index (χ4v) is 2.11. The highest BCUT2D eigenvalue weighted by Gasteiger charge is 2.06. The Balaban J connectivity index is 1.79. The Bertz CT molecular complexity index is 711. The van der Waals surface area contributed by atoms with Crippen LogP contribution in [0.5, 0.6) is 0 Å². The maximum atomic E-state index is 11.9. The van der Waals surface area contributed by atoms with Crippen LogP contribution in [0.3, 0.4) is 0 Å². The number of hydrogen-bond donors (Lipinski definition) is 3. The number of anilines is 3. The average Bonchev–Trinajstić information content (AvgIpc) is 2.53. The van der Waals surface area contributed by atoms with Crippen LogP contribution in [0.25, 0.3) is 0 Å². The van der Waals surface area contributed by atoms with Gasteiger partial charge in [-0.3, -0.25) is 4.79 Å². The topological polar surface area (TPSA) is 73.5 Å². The molecule has 0 bridgehead atoms. The lowest BCUT2D eigenvalue weighted by Crippen LogP contribution is -2.35. The van der Waals surface area contributed by atoms with E-state index < -0.39 is 6.03 Å². The van der Waals surface area contributed by atoms with Gasteiger partial charge in [0.05, 0.1) is 6.54 Å². The number of benzene rings is 2. The number of carbonyl (C=O) groups excluding carboxylic acids is 2. The van der Waals surface area contributed by atoms with E-state index >= 15 is 0 Å². The normalized spacial score (nSPS) is 9.96. The van der Waals surface area contributed by atoms with E-state index in [1.807, 2.05) is 68.4 Å². The zero-order valence-corrected chi connectivity index (χ0v) is 14.1. The Kier molecular flexibility index (Phi) is 5.78. The summed E-state index contributed by atoms with van der Waals surface area (Å²) in [6, 6.07) is 14.5. The van der Waals surface area contributed by atoms with Crippen LogP contribution in [-0.2, 0) is 4.79 Å². The first-order valence-corrected chi connectivity index (χ1v) is 7.63. The van der Waals surface area contributed by atoms with Gasteiger partial charge in [-0.1, -0.05) is 12.1 Å². The maximum absolute atomic E-state index is 11.9. The van der Waals surface area contributed by atoms with Crippen molar-refractivity contribution < 1.29 is 9.59 Å². The molecule has 2 rings (SSSR count). The quantitative estimate of drug-likeness (QED) is 0.791. The molecule has 0 aliphatic rings. The molecule has 0 spiro atoms. The molecular formula is C18H22N4O2. The molecule has 0 atom stereocenters. The lowest BCUT2D eigenvalue weighted by atomic mass is 10.2. The number of urea groups is 1. The molecule has 126 valence electrons. The Morgan fingerprint density at radius 2 is 1.67 bits per heavy atom. The predicted molar refractivity (Wildman–Crippen MR) is 97.6 cm³/mol. The first-order valence-electron chi connectivity index (χ1n) is 7.63. The van der Waals surface area contributed by atoms with Crippen molar-refractivity contribution in [3.8, 4) is 0 Å². The first kappa shape index (κ1) is 17.3. The molecule has 24 heavy (non-hydrogen) atoms. The molecular weight excluding hydrogens is 304 g/mol. The summed E-state index contributed by atoms with van der Waals surface area (Å²) in [5.74, 6) is -0.285. The van der Waals surface area contributed by atoms with Gasteiger partial charge in [0.25, 0.3) is 0 Å². The third-order valence-electron chi connectivity index (χ3n) is 3.35. The SMILES string of the molecule is Cc1cccc(NC(=O)NCC(=O)Nc2ccc(N(C)C)cc2)c1. The maximum Gasteiger partial charge on any atom is 0.319 e. The van der Waals surface area contributed by atoms with Gasteiger partial charge in [-0.25, -0.2) is 4.79 Å². The van der Waals surface area contributed by atoms with Crippen molar-refractivity contribution in [1.29, 1.82) is 0 Å². The molecule has 0 radical (unpaired) electrons. The zero-order chi connectivity index (χ0) is 17.5. The van der Waals surface area contributed by atoms with Gasteiger partial charge in [-0.05, 0) is 48.9 Å².